The normalized spacial score (nSPS) is 10.4. The summed E-state index contributed by atoms with van der Waals surface area (Å²) in [7, 11) is 0. The van der Waals surface area contributed by atoms with Crippen LogP contribution >= 0.6 is 11.6 Å². The molecular formula is C17H15ClN6O2. The van der Waals surface area contributed by atoms with Gasteiger partial charge in [0.05, 0.1) is 5.69 Å². The number of nitrogens with one attached hydrogen (secondary N) is 2. The van der Waals surface area contributed by atoms with Gasteiger partial charge in [0.15, 0.2) is 5.82 Å². The highest BCUT2D eigenvalue weighted by Gasteiger charge is 2.14. The Bertz CT molecular complexity index is 956. The lowest BCUT2D eigenvalue weighted by molar-refractivity contribution is -0.136. The zero-order valence-electron chi connectivity index (χ0n) is 13.8. The molecule has 1 aromatic heterocycles. The molecule has 0 saturated heterocycles. The fraction of sp³-hybridized carbons (Fsp3) is 0.118. The molecule has 2 amide bonds. The van der Waals surface area contributed by atoms with Gasteiger partial charge in [-0.05, 0) is 47.2 Å². The van der Waals surface area contributed by atoms with E-state index in [9.17, 15) is 9.59 Å². The van der Waals surface area contributed by atoms with E-state index in [1.807, 2.05) is 0 Å². The van der Waals surface area contributed by atoms with Crippen molar-refractivity contribution in [1.29, 1.82) is 0 Å². The molecule has 0 unspecified atom stereocenters. The first-order chi connectivity index (χ1) is 12.5. The van der Waals surface area contributed by atoms with Gasteiger partial charge >= 0.3 is 11.8 Å². The van der Waals surface area contributed by atoms with Gasteiger partial charge in [-0.15, -0.1) is 5.10 Å². The molecule has 0 fully saturated rings. The molecule has 0 saturated carbocycles. The lowest BCUT2D eigenvalue weighted by atomic mass is 10.2. The number of hydrogen-bond donors (Lipinski definition) is 2. The molecule has 3 aromatic rings. The molecule has 3 rings (SSSR count). The summed E-state index contributed by atoms with van der Waals surface area (Å²) in [5, 5.41) is 16.9. The lowest BCUT2D eigenvalue weighted by Gasteiger charge is -2.09. The molecule has 26 heavy (non-hydrogen) atoms. The van der Waals surface area contributed by atoms with E-state index in [0.29, 0.717) is 22.2 Å². The molecule has 0 bridgehead atoms. The van der Waals surface area contributed by atoms with E-state index in [1.165, 1.54) is 4.68 Å². The Labute approximate surface area is 154 Å². The van der Waals surface area contributed by atoms with Gasteiger partial charge in [0.1, 0.15) is 0 Å². The van der Waals surface area contributed by atoms with E-state index in [-0.39, 0.29) is 6.54 Å². The maximum absolute atomic E-state index is 12.1. The number of tetrazole rings is 1. The van der Waals surface area contributed by atoms with E-state index in [0.717, 1.165) is 5.56 Å². The average molecular weight is 371 g/mol. The van der Waals surface area contributed by atoms with E-state index in [1.54, 1.807) is 55.5 Å². The summed E-state index contributed by atoms with van der Waals surface area (Å²) in [6, 6.07) is 13.9. The maximum atomic E-state index is 12.1. The molecule has 132 valence electrons. The van der Waals surface area contributed by atoms with Crippen LogP contribution in [0.25, 0.3) is 5.69 Å². The zero-order valence-corrected chi connectivity index (χ0v) is 14.6. The van der Waals surface area contributed by atoms with E-state index < -0.39 is 11.8 Å². The Balaban J connectivity index is 1.63. The Morgan fingerprint density at radius 2 is 1.92 bits per heavy atom. The number of carbonyl (C=O) groups is 2. The fourth-order valence-corrected chi connectivity index (χ4v) is 2.47. The van der Waals surface area contributed by atoms with E-state index >= 15 is 0 Å². The van der Waals surface area contributed by atoms with Crippen molar-refractivity contribution >= 4 is 29.1 Å². The Morgan fingerprint density at radius 3 is 2.65 bits per heavy atom. The molecule has 8 nitrogen and oxygen atoms in total. The summed E-state index contributed by atoms with van der Waals surface area (Å²) < 4.78 is 1.52. The molecule has 0 spiro atoms. The fourth-order valence-electron chi connectivity index (χ4n) is 2.27. The largest absolute Gasteiger partial charge is 0.344 e. The monoisotopic (exact) mass is 370 g/mol. The van der Waals surface area contributed by atoms with Gasteiger partial charge in [-0.2, -0.15) is 4.68 Å². The third-order valence-electron chi connectivity index (χ3n) is 3.58. The van der Waals surface area contributed by atoms with Gasteiger partial charge in [-0.25, -0.2) is 0 Å². The van der Waals surface area contributed by atoms with Crippen molar-refractivity contribution < 1.29 is 9.59 Å². The van der Waals surface area contributed by atoms with Gasteiger partial charge < -0.3 is 10.6 Å². The number of aryl methyl sites for hydroxylation is 1. The SMILES string of the molecule is Cc1nnnn1-c1cccc(NC(=O)C(=O)NCc2ccccc2Cl)c1. The first-order valence-electron chi connectivity index (χ1n) is 7.72. The van der Waals surface area contributed by atoms with Crippen LogP contribution in [0.15, 0.2) is 48.5 Å². The van der Waals surface area contributed by atoms with Crippen LogP contribution in [0.5, 0.6) is 0 Å². The average Bonchev–Trinajstić information content (AvgIpc) is 3.07. The predicted molar refractivity (Wildman–Crippen MR) is 95.8 cm³/mol. The van der Waals surface area contributed by atoms with Crippen molar-refractivity contribution in [1.82, 2.24) is 25.5 Å². The first-order valence-corrected chi connectivity index (χ1v) is 8.10. The molecule has 9 heteroatoms. The highest BCUT2D eigenvalue weighted by Crippen LogP contribution is 2.15. The Morgan fingerprint density at radius 1 is 1.12 bits per heavy atom. The van der Waals surface area contributed by atoms with Gasteiger partial charge in [-0.1, -0.05) is 35.9 Å². The van der Waals surface area contributed by atoms with Crippen molar-refractivity contribution in [3.05, 3.63) is 64.9 Å². The summed E-state index contributed by atoms with van der Waals surface area (Å²) in [5.74, 6) is -0.928. The van der Waals surface area contributed by atoms with Crippen LogP contribution in [0.3, 0.4) is 0 Å². The summed E-state index contributed by atoms with van der Waals surface area (Å²) >= 11 is 6.03. The zero-order chi connectivity index (χ0) is 18.5. The van der Waals surface area contributed by atoms with Crippen LogP contribution in [-0.4, -0.2) is 32.0 Å². The quantitative estimate of drug-likeness (QED) is 0.683. The van der Waals surface area contributed by atoms with Crippen LogP contribution in [0, 0.1) is 6.92 Å². The standard InChI is InChI=1S/C17H15ClN6O2/c1-11-21-22-23-24(11)14-7-4-6-13(9-14)20-17(26)16(25)19-10-12-5-2-3-8-15(12)18/h2-9H,10H2,1H3,(H,19,25)(H,20,26). The number of hydrogen-bond acceptors (Lipinski definition) is 5. The second kappa shape index (κ2) is 7.75. The number of aromatic nitrogens is 4. The highest BCUT2D eigenvalue weighted by atomic mass is 35.5. The third-order valence-corrected chi connectivity index (χ3v) is 3.95. The smallest absolute Gasteiger partial charge is 0.313 e. The number of rotatable bonds is 4. The number of carbonyl (C=O) groups excluding carboxylic acids is 2. The van der Waals surface area contributed by atoms with Crippen molar-refractivity contribution in [3.63, 3.8) is 0 Å². The van der Waals surface area contributed by atoms with Crippen LogP contribution in [0.2, 0.25) is 5.02 Å². The molecule has 2 aromatic carbocycles. The minimum atomic E-state index is -0.775. The van der Waals surface area contributed by atoms with E-state index in [2.05, 4.69) is 26.2 Å². The van der Waals surface area contributed by atoms with Gasteiger partial charge in [0, 0.05) is 17.3 Å². The topological polar surface area (TPSA) is 102 Å². The molecular weight excluding hydrogens is 356 g/mol. The van der Waals surface area contributed by atoms with Gasteiger partial charge in [0.2, 0.25) is 0 Å². The summed E-state index contributed by atoms with van der Waals surface area (Å²) in [4.78, 5) is 24.1. The van der Waals surface area contributed by atoms with Crippen molar-refractivity contribution in [2.75, 3.05) is 5.32 Å². The van der Waals surface area contributed by atoms with Gasteiger partial charge in [-0.3, -0.25) is 9.59 Å². The third kappa shape index (κ3) is 4.04. The van der Waals surface area contributed by atoms with Crippen molar-refractivity contribution in [3.8, 4) is 5.69 Å². The predicted octanol–water partition coefficient (Wildman–Crippen LogP) is 1.88. The molecule has 0 atom stereocenters. The van der Waals surface area contributed by atoms with E-state index in [4.69, 9.17) is 11.6 Å². The highest BCUT2D eigenvalue weighted by molar-refractivity contribution is 6.39. The molecule has 0 aliphatic rings. The second-order valence-electron chi connectivity index (χ2n) is 5.42. The lowest BCUT2D eigenvalue weighted by Crippen LogP contribution is -2.35. The van der Waals surface area contributed by atoms with Crippen molar-refractivity contribution in [2.45, 2.75) is 13.5 Å². The molecule has 0 aliphatic carbocycles. The van der Waals surface area contributed by atoms with Crippen LogP contribution in [0.4, 0.5) is 5.69 Å². The summed E-state index contributed by atoms with van der Waals surface area (Å²) in [5.41, 5.74) is 1.85. The molecule has 0 aliphatic heterocycles. The number of anilines is 1. The minimum absolute atomic E-state index is 0.162. The van der Waals surface area contributed by atoms with Crippen LogP contribution in [-0.2, 0) is 16.1 Å². The maximum Gasteiger partial charge on any atom is 0.313 e. The Kier molecular flexibility index (Phi) is 5.23. The summed E-state index contributed by atoms with van der Waals surface area (Å²) in [6.45, 7) is 1.92. The number of benzene rings is 2. The van der Waals surface area contributed by atoms with Crippen molar-refractivity contribution in [2.24, 2.45) is 0 Å². The summed E-state index contributed by atoms with van der Waals surface area (Å²) in [6.07, 6.45) is 0. The van der Waals surface area contributed by atoms with Gasteiger partial charge in [0.25, 0.3) is 0 Å². The molecule has 0 radical (unpaired) electrons. The van der Waals surface area contributed by atoms with Crippen LogP contribution in [0.1, 0.15) is 11.4 Å². The molecule has 2 N–H and O–H groups in total. The first kappa shape index (κ1) is 17.6. The Hall–Kier alpha value is -3.26. The second-order valence-corrected chi connectivity index (χ2v) is 5.82. The molecule has 1 heterocycles. The number of nitrogens with zero attached hydrogens (tertiary/aromatic N) is 4. The van der Waals surface area contributed by atoms with Crippen LogP contribution < -0.4 is 10.6 Å². The number of halogens is 1. The number of amides is 2. The minimum Gasteiger partial charge on any atom is -0.344 e.